The quantitative estimate of drug-likeness (QED) is 0.574. The van der Waals surface area contributed by atoms with Crippen molar-refractivity contribution in [3.05, 3.63) is 66.5 Å². The number of aliphatic hydroxyl groups is 1. The van der Waals surface area contributed by atoms with Gasteiger partial charge in [-0.05, 0) is 36.8 Å². The van der Waals surface area contributed by atoms with Crippen molar-refractivity contribution < 1.29 is 14.6 Å². The van der Waals surface area contributed by atoms with Crippen molar-refractivity contribution in [3.63, 3.8) is 0 Å². The van der Waals surface area contributed by atoms with Crippen molar-refractivity contribution in [1.82, 2.24) is 14.4 Å². The number of nitrogens with zero attached hydrogens (tertiary/aromatic N) is 3. The molecule has 0 amide bonds. The summed E-state index contributed by atoms with van der Waals surface area (Å²) in [5.41, 5.74) is 1.93. The number of aliphatic hydroxyl groups excluding tert-OH is 1. The van der Waals surface area contributed by atoms with Crippen molar-refractivity contribution in [2.45, 2.75) is 25.6 Å². The number of ether oxygens (including phenoxy) is 2. The Morgan fingerprint density at radius 3 is 2.77 bits per heavy atom. The fourth-order valence-corrected chi connectivity index (χ4v) is 3.81. The molecule has 1 atom stereocenters. The van der Waals surface area contributed by atoms with Crippen LogP contribution in [0.1, 0.15) is 18.2 Å². The van der Waals surface area contributed by atoms with Crippen LogP contribution < -0.4 is 4.74 Å². The molecule has 2 aromatic rings. The molecule has 1 aliphatic rings. The highest BCUT2D eigenvalue weighted by Gasteiger charge is 2.29. The highest BCUT2D eigenvalue weighted by Crippen LogP contribution is 2.21. The predicted octanol–water partition coefficient (Wildman–Crippen LogP) is 2.62. The zero-order valence-corrected chi connectivity index (χ0v) is 18.3. The smallest absolute Gasteiger partial charge is 0.119 e. The maximum absolute atomic E-state index is 10.1. The van der Waals surface area contributed by atoms with E-state index in [-0.39, 0.29) is 6.61 Å². The summed E-state index contributed by atoms with van der Waals surface area (Å²) in [5, 5.41) is 10.1. The first kappa shape index (κ1) is 22.6. The lowest BCUT2D eigenvalue weighted by Crippen LogP contribution is -2.51. The Labute approximate surface area is 180 Å². The minimum atomic E-state index is -0.475. The summed E-state index contributed by atoms with van der Waals surface area (Å²) in [7, 11) is 1.69. The van der Waals surface area contributed by atoms with Crippen LogP contribution in [0, 0.1) is 0 Å². The number of morpholine rings is 1. The fraction of sp³-hybridized carbons (Fsp3) is 0.500. The first-order chi connectivity index (χ1) is 14.6. The molecule has 1 N–H and O–H groups in total. The Kier molecular flexibility index (Phi) is 8.10. The number of benzene rings is 1. The van der Waals surface area contributed by atoms with Crippen LogP contribution >= 0.6 is 0 Å². The Hall–Kier alpha value is -2.12. The van der Waals surface area contributed by atoms with Gasteiger partial charge in [-0.2, -0.15) is 0 Å². The molecule has 164 valence electrons. The van der Waals surface area contributed by atoms with Crippen LogP contribution in [0.5, 0.6) is 5.75 Å². The second kappa shape index (κ2) is 10.8. The van der Waals surface area contributed by atoms with E-state index in [9.17, 15) is 5.11 Å². The van der Waals surface area contributed by atoms with Gasteiger partial charge in [0.05, 0.1) is 32.5 Å². The summed E-state index contributed by atoms with van der Waals surface area (Å²) in [6, 6.07) is 12.4. The molecule has 0 unspecified atom stereocenters. The van der Waals surface area contributed by atoms with Crippen LogP contribution in [-0.4, -0.2) is 78.1 Å². The first-order valence-electron chi connectivity index (χ1n) is 10.6. The van der Waals surface area contributed by atoms with Gasteiger partial charge in [0, 0.05) is 51.2 Å². The van der Waals surface area contributed by atoms with Gasteiger partial charge < -0.3 is 19.1 Å². The molecule has 6 nitrogen and oxygen atoms in total. The van der Waals surface area contributed by atoms with Crippen LogP contribution in [0.25, 0.3) is 0 Å². The van der Waals surface area contributed by atoms with E-state index in [1.54, 1.807) is 7.11 Å². The van der Waals surface area contributed by atoms with Crippen molar-refractivity contribution >= 4 is 0 Å². The van der Waals surface area contributed by atoms with E-state index in [1.807, 2.05) is 18.2 Å². The summed E-state index contributed by atoms with van der Waals surface area (Å²) in [6.45, 7) is 12.9. The molecular formula is C24H35N3O3. The Morgan fingerprint density at radius 2 is 2.07 bits per heavy atom. The minimum Gasteiger partial charge on any atom is -0.497 e. The predicted molar refractivity (Wildman–Crippen MR) is 120 cm³/mol. The molecule has 30 heavy (non-hydrogen) atoms. The average Bonchev–Trinajstić information content (AvgIpc) is 3.23. The lowest BCUT2D eigenvalue weighted by molar-refractivity contribution is 0.0186. The van der Waals surface area contributed by atoms with Crippen LogP contribution in [0.4, 0.5) is 0 Å². The van der Waals surface area contributed by atoms with E-state index in [0.29, 0.717) is 0 Å². The topological polar surface area (TPSA) is 50.1 Å². The maximum atomic E-state index is 10.1. The molecule has 2 heterocycles. The van der Waals surface area contributed by atoms with Gasteiger partial charge in [-0.1, -0.05) is 18.2 Å². The molecule has 0 saturated carbocycles. The number of methoxy groups -OCH3 is 1. The molecule has 0 aliphatic carbocycles. The second-order valence-corrected chi connectivity index (χ2v) is 8.07. The van der Waals surface area contributed by atoms with E-state index in [0.717, 1.165) is 58.2 Å². The Bertz CT molecular complexity index is 800. The summed E-state index contributed by atoms with van der Waals surface area (Å²) in [4.78, 5) is 4.75. The molecule has 1 aromatic heterocycles. The molecular weight excluding hydrogens is 378 g/mol. The van der Waals surface area contributed by atoms with Crippen molar-refractivity contribution in [2.75, 3.05) is 53.1 Å². The minimum absolute atomic E-state index is 0.0379. The van der Waals surface area contributed by atoms with Crippen LogP contribution in [0.3, 0.4) is 0 Å². The Balaban J connectivity index is 1.73. The average molecular weight is 414 g/mol. The van der Waals surface area contributed by atoms with Gasteiger partial charge in [-0.25, -0.2) is 0 Å². The van der Waals surface area contributed by atoms with Gasteiger partial charge in [0.2, 0.25) is 0 Å². The molecule has 0 spiro atoms. The molecule has 6 heteroatoms. The zero-order valence-electron chi connectivity index (χ0n) is 18.3. The SMILES string of the molecule is C=C[C@](C)(CO)N(CCN1CCOCC1)Cc1cccn1Cc1cccc(OC)c1. The van der Waals surface area contributed by atoms with Crippen molar-refractivity contribution in [2.24, 2.45) is 0 Å². The van der Waals surface area contributed by atoms with E-state index in [1.165, 1.54) is 11.3 Å². The Morgan fingerprint density at radius 1 is 1.27 bits per heavy atom. The summed E-state index contributed by atoms with van der Waals surface area (Å²) in [6.07, 6.45) is 3.97. The molecule has 1 aliphatic heterocycles. The highest BCUT2D eigenvalue weighted by atomic mass is 16.5. The number of hydrogen-bond donors (Lipinski definition) is 1. The van der Waals surface area contributed by atoms with Gasteiger partial charge in [0.25, 0.3) is 0 Å². The third-order valence-electron chi connectivity index (χ3n) is 6.04. The van der Waals surface area contributed by atoms with Crippen molar-refractivity contribution in [3.8, 4) is 5.75 Å². The molecule has 1 aromatic carbocycles. The van der Waals surface area contributed by atoms with Crippen LogP contribution in [-0.2, 0) is 17.8 Å². The normalized spacial score (nSPS) is 17.1. The third kappa shape index (κ3) is 5.73. The third-order valence-corrected chi connectivity index (χ3v) is 6.04. The zero-order chi connectivity index (χ0) is 21.4. The van der Waals surface area contributed by atoms with E-state index < -0.39 is 5.54 Å². The van der Waals surface area contributed by atoms with E-state index >= 15 is 0 Å². The monoisotopic (exact) mass is 413 g/mol. The highest BCUT2D eigenvalue weighted by molar-refractivity contribution is 5.29. The van der Waals surface area contributed by atoms with Crippen LogP contribution in [0.2, 0.25) is 0 Å². The standard InChI is InChI=1S/C24H35N3O3/c1-4-24(2,20-28)27(12-11-25-13-15-30-16-14-25)19-22-8-6-10-26(22)18-21-7-5-9-23(17-21)29-3/h4-10,17,28H,1,11-16,18-20H2,2-3H3/t24-/m1/s1. The van der Waals surface area contributed by atoms with Gasteiger partial charge in [0.15, 0.2) is 0 Å². The molecule has 3 rings (SSSR count). The maximum Gasteiger partial charge on any atom is 0.119 e. The summed E-state index contributed by atoms with van der Waals surface area (Å²) in [5.74, 6) is 0.868. The molecule has 1 fully saturated rings. The van der Waals surface area contributed by atoms with Crippen LogP contribution in [0.15, 0.2) is 55.3 Å². The largest absolute Gasteiger partial charge is 0.497 e. The van der Waals surface area contributed by atoms with Gasteiger partial charge in [-0.15, -0.1) is 6.58 Å². The number of rotatable bonds is 11. The fourth-order valence-electron chi connectivity index (χ4n) is 3.81. The lowest BCUT2D eigenvalue weighted by atomic mass is 10.0. The van der Waals surface area contributed by atoms with Gasteiger partial charge in [-0.3, -0.25) is 9.80 Å². The lowest BCUT2D eigenvalue weighted by Gasteiger charge is -2.39. The number of hydrogen-bond acceptors (Lipinski definition) is 5. The second-order valence-electron chi connectivity index (χ2n) is 8.07. The molecule has 0 radical (unpaired) electrons. The van der Waals surface area contributed by atoms with E-state index in [2.05, 4.69) is 58.3 Å². The summed E-state index contributed by atoms with van der Waals surface area (Å²) >= 11 is 0. The van der Waals surface area contributed by atoms with Gasteiger partial charge in [0.1, 0.15) is 5.75 Å². The summed E-state index contributed by atoms with van der Waals surface area (Å²) < 4.78 is 13.1. The van der Waals surface area contributed by atoms with Gasteiger partial charge >= 0.3 is 0 Å². The molecule has 1 saturated heterocycles. The van der Waals surface area contributed by atoms with E-state index in [4.69, 9.17) is 9.47 Å². The van der Waals surface area contributed by atoms with Crippen molar-refractivity contribution in [1.29, 1.82) is 0 Å². The first-order valence-corrected chi connectivity index (χ1v) is 10.6. The number of aromatic nitrogens is 1. The molecule has 0 bridgehead atoms.